The van der Waals surface area contributed by atoms with Crippen LogP contribution in [-0.4, -0.2) is 66.7 Å². The summed E-state index contributed by atoms with van der Waals surface area (Å²) in [5.41, 5.74) is 0.459. The number of nitrogens with one attached hydrogen (secondary N) is 1. The molecule has 0 saturated carbocycles. The van der Waals surface area contributed by atoms with E-state index in [0.29, 0.717) is 6.42 Å². The number of cyclic esters (lactones) is 2. The standard InChI is InChI=1S/C32H40N2O10/c1-7-11-19(4)30(37)44-27-24(40-6)14-15-33-25(27)28(35)34-23-17-41-31(38)22(16-21-12-9-8-10-13-21)26(20(5)42-32(23)39)43-29(36)18(2)3/h8-10,12-15,18-20,22-23,26H,7,11,16-17H2,1-6H3,(H,34,35)/t19?,20-,22+,23?,26?/m0/s1. The van der Waals surface area contributed by atoms with E-state index < -0.39 is 72.4 Å². The fourth-order valence-electron chi connectivity index (χ4n) is 4.58. The summed E-state index contributed by atoms with van der Waals surface area (Å²) in [4.78, 5) is 69.5. The molecule has 1 saturated heterocycles. The fourth-order valence-corrected chi connectivity index (χ4v) is 4.58. The topological polar surface area (TPSA) is 156 Å². The average molecular weight is 613 g/mol. The molecule has 2 heterocycles. The summed E-state index contributed by atoms with van der Waals surface area (Å²) in [6.07, 6.45) is 0.514. The van der Waals surface area contributed by atoms with Crippen LogP contribution in [0.2, 0.25) is 0 Å². The van der Waals surface area contributed by atoms with Crippen molar-refractivity contribution in [3.8, 4) is 11.5 Å². The van der Waals surface area contributed by atoms with Crippen molar-refractivity contribution in [3.05, 3.63) is 53.9 Å². The number of carbonyl (C=O) groups excluding carboxylic acids is 5. The highest BCUT2D eigenvalue weighted by molar-refractivity contribution is 5.99. The van der Waals surface area contributed by atoms with Crippen LogP contribution < -0.4 is 14.8 Å². The maximum Gasteiger partial charge on any atom is 0.332 e. The molecule has 12 heteroatoms. The molecule has 0 radical (unpaired) electrons. The number of esters is 4. The molecule has 0 aliphatic carbocycles. The molecule has 1 N–H and O–H groups in total. The number of ether oxygens (including phenoxy) is 5. The smallest absolute Gasteiger partial charge is 0.332 e. The Balaban J connectivity index is 1.89. The zero-order valence-corrected chi connectivity index (χ0v) is 25.9. The van der Waals surface area contributed by atoms with Crippen molar-refractivity contribution in [2.75, 3.05) is 13.7 Å². The molecule has 1 aliphatic heterocycles. The lowest BCUT2D eigenvalue weighted by Gasteiger charge is -2.29. The van der Waals surface area contributed by atoms with Gasteiger partial charge in [0.15, 0.2) is 23.6 Å². The lowest BCUT2D eigenvalue weighted by atomic mass is 9.91. The largest absolute Gasteiger partial charge is 0.493 e. The van der Waals surface area contributed by atoms with Gasteiger partial charge in [0.1, 0.15) is 18.6 Å². The van der Waals surface area contributed by atoms with Gasteiger partial charge in [-0.05, 0) is 25.3 Å². The molecule has 1 fully saturated rings. The Bertz CT molecular complexity index is 1330. The third-order valence-corrected chi connectivity index (χ3v) is 7.10. The van der Waals surface area contributed by atoms with E-state index in [1.165, 1.54) is 26.3 Å². The number of nitrogens with zero attached hydrogens (tertiary/aromatic N) is 1. The van der Waals surface area contributed by atoms with Crippen LogP contribution in [0, 0.1) is 17.8 Å². The van der Waals surface area contributed by atoms with Crippen LogP contribution in [0.5, 0.6) is 11.5 Å². The van der Waals surface area contributed by atoms with E-state index in [9.17, 15) is 24.0 Å². The first-order valence-corrected chi connectivity index (χ1v) is 14.6. The predicted octanol–water partition coefficient (Wildman–Crippen LogP) is 3.45. The van der Waals surface area contributed by atoms with E-state index in [0.717, 1.165) is 12.0 Å². The second-order valence-electron chi connectivity index (χ2n) is 11.0. The van der Waals surface area contributed by atoms with Crippen molar-refractivity contribution in [3.63, 3.8) is 0 Å². The van der Waals surface area contributed by atoms with Gasteiger partial charge in [0.25, 0.3) is 5.91 Å². The number of methoxy groups -OCH3 is 1. The number of aromatic nitrogens is 1. The van der Waals surface area contributed by atoms with Gasteiger partial charge in [0.05, 0.1) is 18.9 Å². The predicted molar refractivity (Wildman–Crippen MR) is 157 cm³/mol. The Morgan fingerprint density at radius 2 is 1.75 bits per heavy atom. The van der Waals surface area contributed by atoms with Crippen LogP contribution in [-0.2, 0) is 39.8 Å². The van der Waals surface area contributed by atoms with E-state index in [1.54, 1.807) is 20.8 Å². The molecular formula is C32H40N2O10. The molecule has 1 aromatic heterocycles. The Morgan fingerprint density at radius 1 is 1.05 bits per heavy atom. The molecule has 238 valence electrons. The van der Waals surface area contributed by atoms with Crippen LogP contribution in [0.3, 0.4) is 0 Å². The summed E-state index contributed by atoms with van der Waals surface area (Å²) < 4.78 is 27.6. The van der Waals surface area contributed by atoms with Crippen molar-refractivity contribution in [2.45, 2.75) is 72.1 Å². The second kappa shape index (κ2) is 15.8. The van der Waals surface area contributed by atoms with E-state index in [-0.39, 0.29) is 23.6 Å². The maximum atomic E-state index is 13.4. The van der Waals surface area contributed by atoms with Crippen LogP contribution in [0.15, 0.2) is 42.6 Å². The van der Waals surface area contributed by atoms with Crippen molar-refractivity contribution in [2.24, 2.45) is 17.8 Å². The summed E-state index contributed by atoms with van der Waals surface area (Å²) in [5, 5.41) is 2.47. The zero-order chi connectivity index (χ0) is 32.4. The number of benzene rings is 1. The Morgan fingerprint density at radius 3 is 2.39 bits per heavy atom. The molecular weight excluding hydrogens is 572 g/mol. The Kier molecular flexibility index (Phi) is 12.2. The molecule has 5 atom stereocenters. The van der Waals surface area contributed by atoms with Gasteiger partial charge in [0.2, 0.25) is 5.75 Å². The van der Waals surface area contributed by atoms with Gasteiger partial charge < -0.3 is 29.0 Å². The molecule has 0 spiro atoms. The summed E-state index contributed by atoms with van der Waals surface area (Å²) in [7, 11) is 1.34. The first kappa shape index (κ1) is 34.0. The minimum absolute atomic E-state index is 0.0813. The normalized spacial score (nSPS) is 21.1. The summed E-state index contributed by atoms with van der Waals surface area (Å²) in [6.45, 7) is 7.86. The van der Waals surface area contributed by atoms with Gasteiger partial charge in [-0.15, -0.1) is 0 Å². The minimum atomic E-state index is -1.46. The summed E-state index contributed by atoms with van der Waals surface area (Å²) in [5.74, 6) is -5.82. The van der Waals surface area contributed by atoms with Gasteiger partial charge in [-0.25, -0.2) is 9.78 Å². The quantitative estimate of drug-likeness (QED) is 0.293. The van der Waals surface area contributed by atoms with Crippen molar-refractivity contribution in [1.82, 2.24) is 10.3 Å². The number of carbonyl (C=O) groups is 5. The van der Waals surface area contributed by atoms with Gasteiger partial charge in [0, 0.05) is 12.3 Å². The number of hydrogen-bond acceptors (Lipinski definition) is 11. The van der Waals surface area contributed by atoms with Gasteiger partial charge in [-0.2, -0.15) is 0 Å². The monoisotopic (exact) mass is 612 g/mol. The van der Waals surface area contributed by atoms with Crippen molar-refractivity contribution >= 4 is 29.8 Å². The maximum absolute atomic E-state index is 13.4. The number of hydrogen-bond donors (Lipinski definition) is 1. The molecule has 2 aromatic rings. The van der Waals surface area contributed by atoms with E-state index in [1.807, 2.05) is 37.3 Å². The first-order chi connectivity index (χ1) is 21.0. The van der Waals surface area contributed by atoms with Gasteiger partial charge in [-0.3, -0.25) is 19.2 Å². The summed E-state index contributed by atoms with van der Waals surface area (Å²) >= 11 is 0. The molecule has 3 rings (SSSR count). The fraction of sp³-hybridized carbons (Fsp3) is 0.500. The Hall–Kier alpha value is -4.48. The molecule has 3 unspecified atom stereocenters. The summed E-state index contributed by atoms with van der Waals surface area (Å²) in [6, 6.07) is 9.04. The minimum Gasteiger partial charge on any atom is -0.493 e. The van der Waals surface area contributed by atoms with Crippen molar-refractivity contribution < 1.29 is 47.7 Å². The number of pyridine rings is 1. The molecule has 0 bridgehead atoms. The Labute approximate surface area is 256 Å². The molecule has 12 nitrogen and oxygen atoms in total. The molecule has 1 aromatic carbocycles. The van der Waals surface area contributed by atoms with Crippen LogP contribution >= 0.6 is 0 Å². The van der Waals surface area contributed by atoms with Gasteiger partial charge >= 0.3 is 23.9 Å². The van der Waals surface area contributed by atoms with Crippen LogP contribution in [0.25, 0.3) is 0 Å². The lowest BCUT2D eigenvalue weighted by molar-refractivity contribution is -0.176. The highest BCUT2D eigenvalue weighted by Crippen LogP contribution is 2.31. The molecule has 44 heavy (non-hydrogen) atoms. The van der Waals surface area contributed by atoms with Crippen LogP contribution in [0.1, 0.15) is 63.5 Å². The van der Waals surface area contributed by atoms with Gasteiger partial charge in [-0.1, -0.05) is 64.4 Å². The lowest BCUT2D eigenvalue weighted by Crippen LogP contribution is -2.47. The van der Waals surface area contributed by atoms with Crippen LogP contribution in [0.4, 0.5) is 0 Å². The van der Waals surface area contributed by atoms with E-state index >= 15 is 0 Å². The third kappa shape index (κ3) is 8.77. The number of rotatable bonds is 11. The average Bonchev–Trinajstić information content (AvgIpc) is 3.03. The zero-order valence-electron chi connectivity index (χ0n) is 25.9. The number of amides is 1. The van der Waals surface area contributed by atoms with E-state index in [4.69, 9.17) is 23.7 Å². The van der Waals surface area contributed by atoms with E-state index in [2.05, 4.69) is 10.3 Å². The highest BCUT2D eigenvalue weighted by atomic mass is 16.6. The third-order valence-electron chi connectivity index (χ3n) is 7.10. The molecule has 1 aliphatic rings. The first-order valence-electron chi connectivity index (χ1n) is 14.6. The SMILES string of the molecule is CCCC(C)C(=O)Oc1c(OC)ccnc1C(=O)NC1COC(=O)[C@H](Cc2ccccc2)C(OC(=O)C(C)C)[C@H](C)OC1=O. The highest BCUT2D eigenvalue weighted by Gasteiger charge is 2.42. The van der Waals surface area contributed by atoms with Crippen molar-refractivity contribution in [1.29, 1.82) is 0 Å². The second-order valence-corrected chi connectivity index (χ2v) is 11.0. The molecule has 1 amide bonds.